The molecule has 0 aliphatic heterocycles. The number of nitrogens with zero attached hydrogens (tertiary/aromatic N) is 2. The number of aryl methyl sites for hydroxylation is 1. The van der Waals surface area contributed by atoms with Crippen molar-refractivity contribution in [1.82, 2.24) is 10.1 Å². The first-order chi connectivity index (χ1) is 11.7. The number of ketones is 1. The number of benzene rings is 1. The maximum absolute atomic E-state index is 11.8. The Bertz CT molecular complexity index is 812. The summed E-state index contributed by atoms with van der Waals surface area (Å²) >= 11 is 1.54. The highest BCUT2D eigenvalue weighted by molar-refractivity contribution is 7.08. The molecule has 24 heavy (non-hydrogen) atoms. The largest absolute Gasteiger partial charge is 0.457 e. The predicted octanol–water partition coefficient (Wildman–Crippen LogP) is 3.16. The van der Waals surface area contributed by atoms with Crippen molar-refractivity contribution >= 4 is 23.1 Å². The van der Waals surface area contributed by atoms with Crippen LogP contribution in [0.15, 0.2) is 51.7 Å². The average molecular weight is 342 g/mol. The number of ether oxygens (including phenoxy) is 1. The van der Waals surface area contributed by atoms with E-state index in [1.54, 1.807) is 35.6 Å². The Labute approximate surface area is 142 Å². The summed E-state index contributed by atoms with van der Waals surface area (Å²) in [7, 11) is 0. The number of carbonyl (C=O) groups is 2. The van der Waals surface area contributed by atoms with Crippen LogP contribution in [0.25, 0.3) is 11.4 Å². The molecule has 0 amide bonds. The van der Waals surface area contributed by atoms with Gasteiger partial charge in [0, 0.05) is 22.9 Å². The number of hydrogen-bond donors (Lipinski definition) is 0. The van der Waals surface area contributed by atoms with E-state index in [0.717, 1.165) is 5.56 Å². The summed E-state index contributed by atoms with van der Waals surface area (Å²) in [6.45, 7) is -0.271. The van der Waals surface area contributed by atoms with Gasteiger partial charge in [-0.05, 0) is 11.4 Å². The molecule has 0 aliphatic carbocycles. The summed E-state index contributed by atoms with van der Waals surface area (Å²) in [4.78, 5) is 27.8. The van der Waals surface area contributed by atoms with Gasteiger partial charge in [0.1, 0.15) is 0 Å². The molecule has 1 aromatic carbocycles. The van der Waals surface area contributed by atoms with Gasteiger partial charge in [0.05, 0.1) is 6.42 Å². The molecule has 0 N–H and O–H groups in total. The predicted molar refractivity (Wildman–Crippen MR) is 87.7 cm³/mol. The van der Waals surface area contributed by atoms with Crippen molar-refractivity contribution in [3.63, 3.8) is 0 Å². The van der Waals surface area contributed by atoms with Crippen LogP contribution in [0.3, 0.4) is 0 Å². The minimum Gasteiger partial charge on any atom is -0.457 e. The van der Waals surface area contributed by atoms with Crippen molar-refractivity contribution in [2.24, 2.45) is 0 Å². The molecular formula is C17H14N2O4S. The SMILES string of the molecule is O=C(CCc1nc(-c2ccsc2)no1)OCC(=O)c1ccccc1. The second kappa shape index (κ2) is 7.65. The third-order valence-corrected chi connectivity index (χ3v) is 3.93. The number of hydrogen-bond acceptors (Lipinski definition) is 7. The molecule has 6 nitrogen and oxygen atoms in total. The van der Waals surface area contributed by atoms with Crippen LogP contribution in [0.5, 0.6) is 0 Å². The van der Waals surface area contributed by atoms with Crippen molar-refractivity contribution in [3.8, 4) is 11.4 Å². The van der Waals surface area contributed by atoms with Gasteiger partial charge in [0.25, 0.3) is 0 Å². The molecule has 3 rings (SSSR count). The Balaban J connectivity index is 1.45. The Morgan fingerprint density at radius 1 is 1.17 bits per heavy atom. The zero-order valence-electron chi connectivity index (χ0n) is 12.7. The molecule has 2 heterocycles. The highest BCUT2D eigenvalue weighted by Crippen LogP contribution is 2.19. The summed E-state index contributed by atoms with van der Waals surface area (Å²) in [5.74, 6) is 0.150. The first-order valence-corrected chi connectivity index (χ1v) is 8.25. The molecule has 0 aliphatic rings. The van der Waals surface area contributed by atoms with E-state index in [4.69, 9.17) is 9.26 Å². The Hall–Kier alpha value is -2.80. The fourth-order valence-corrected chi connectivity index (χ4v) is 2.63. The summed E-state index contributed by atoms with van der Waals surface area (Å²) in [6, 6.07) is 10.6. The third kappa shape index (κ3) is 4.14. The molecule has 0 bridgehead atoms. The lowest BCUT2D eigenvalue weighted by Gasteiger charge is -2.03. The number of rotatable bonds is 7. The van der Waals surface area contributed by atoms with E-state index in [1.165, 1.54) is 0 Å². The molecule has 7 heteroatoms. The number of Topliss-reactive ketones (excluding diaryl/α,β-unsaturated/α-hetero) is 1. The van der Waals surface area contributed by atoms with E-state index < -0.39 is 5.97 Å². The minimum atomic E-state index is -0.477. The molecule has 0 spiro atoms. The van der Waals surface area contributed by atoms with Crippen LogP contribution in [-0.4, -0.2) is 28.5 Å². The van der Waals surface area contributed by atoms with Crippen molar-refractivity contribution in [2.75, 3.05) is 6.61 Å². The van der Waals surface area contributed by atoms with Gasteiger partial charge in [-0.15, -0.1) is 0 Å². The molecule has 0 saturated heterocycles. The van der Waals surface area contributed by atoms with Gasteiger partial charge in [-0.3, -0.25) is 9.59 Å². The first-order valence-electron chi connectivity index (χ1n) is 7.31. The van der Waals surface area contributed by atoms with E-state index >= 15 is 0 Å². The summed E-state index contributed by atoms with van der Waals surface area (Å²) in [5.41, 5.74) is 1.40. The number of aromatic nitrogens is 2. The Kier molecular flexibility index (Phi) is 5.12. The van der Waals surface area contributed by atoms with Gasteiger partial charge in [0.2, 0.25) is 11.7 Å². The van der Waals surface area contributed by atoms with Crippen LogP contribution < -0.4 is 0 Å². The Morgan fingerprint density at radius 3 is 2.75 bits per heavy atom. The van der Waals surface area contributed by atoms with Gasteiger partial charge in [-0.2, -0.15) is 16.3 Å². The van der Waals surface area contributed by atoms with Gasteiger partial charge in [-0.25, -0.2) is 0 Å². The fraction of sp³-hybridized carbons (Fsp3) is 0.176. The molecule has 2 aromatic heterocycles. The van der Waals surface area contributed by atoms with Gasteiger partial charge < -0.3 is 9.26 Å². The maximum atomic E-state index is 11.8. The number of carbonyl (C=O) groups excluding carboxylic acids is 2. The molecular weight excluding hydrogens is 328 g/mol. The summed E-state index contributed by atoms with van der Waals surface area (Å²) in [6.07, 6.45) is 0.350. The summed E-state index contributed by atoms with van der Waals surface area (Å²) < 4.78 is 10.1. The van der Waals surface area contributed by atoms with E-state index in [2.05, 4.69) is 10.1 Å². The minimum absolute atomic E-state index is 0.0767. The second-order valence-corrected chi connectivity index (χ2v) is 5.75. The maximum Gasteiger partial charge on any atom is 0.306 e. The first kappa shape index (κ1) is 16.1. The topological polar surface area (TPSA) is 82.3 Å². The molecule has 122 valence electrons. The van der Waals surface area contributed by atoms with Crippen LogP contribution in [0.2, 0.25) is 0 Å². The molecule has 0 radical (unpaired) electrons. The lowest BCUT2D eigenvalue weighted by Crippen LogP contribution is -2.14. The van der Waals surface area contributed by atoms with E-state index in [-0.39, 0.29) is 25.2 Å². The monoisotopic (exact) mass is 342 g/mol. The van der Waals surface area contributed by atoms with Gasteiger partial charge in [-0.1, -0.05) is 35.5 Å². The molecule has 0 saturated carbocycles. The lowest BCUT2D eigenvalue weighted by atomic mass is 10.1. The fourth-order valence-electron chi connectivity index (χ4n) is 2.00. The Morgan fingerprint density at radius 2 is 2.00 bits per heavy atom. The zero-order valence-corrected chi connectivity index (χ0v) is 13.5. The summed E-state index contributed by atoms with van der Waals surface area (Å²) in [5, 5.41) is 7.70. The lowest BCUT2D eigenvalue weighted by molar-refractivity contribution is -0.142. The zero-order chi connectivity index (χ0) is 16.8. The standard InChI is InChI=1S/C17H14N2O4S/c20-14(12-4-2-1-3-5-12)10-22-16(21)7-6-15-18-17(19-23-15)13-8-9-24-11-13/h1-5,8-9,11H,6-7,10H2. The van der Waals surface area contributed by atoms with Crippen LogP contribution in [0.1, 0.15) is 22.7 Å². The van der Waals surface area contributed by atoms with Crippen LogP contribution >= 0.6 is 11.3 Å². The van der Waals surface area contributed by atoms with Crippen LogP contribution in [-0.2, 0) is 16.0 Å². The van der Waals surface area contributed by atoms with Crippen molar-refractivity contribution in [3.05, 3.63) is 58.6 Å². The molecule has 0 fully saturated rings. The van der Waals surface area contributed by atoms with Gasteiger partial charge >= 0.3 is 5.97 Å². The smallest absolute Gasteiger partial charge is 0.306 e. The van der Waals surface area contributed by atoms with Crippen molar-refractivity contribution in [2.45, 2.75) is 12.8 Å². The molecule has 3 aromatic rings. The quantitative estimate of drug-likeness (QED) is 0.484. The number of thiophene rings is 1. The second-order valence-electron chi connectivity index (χ2n) is 4.97. The van der Waals surface area contributed by atoms with E-state index in [9.17, 15) is 9.59 Å². The molecule has 0 unspecified atom stereocenters. The van der Waals surface area contributed by atoms with Crippen molar-refractivity contribution < 1.29 is 18.8 Å². The van der Waals surface area contributed by atoms with Crippen molar-refractivity contribution in [1.29, 1.82) is 0 Å². The third-order valence-electron chi connectivity index (χ3n) is 3.25. The van der Waals surface area contributed by atoms with Crippen LogP contribution in [0, 0.1) is 0 Å². The number of esters is 1. The average Bonchev–Trinajstić information content (AvgIpc) is 3.29. The van der Waals surface area contributed by atoms with E-state index in [0.29, 0.717) is 17.3 Å². The normalized spacial score (nSPS) is 10.5. The highest BCUT2D eigenvalue weighted by Gasteiger charge is 2.13. The van der Waals surface area contributed by atoms with Gasteiger partial charge in [0.15, 0.2) is 12.4 Å². The molecule has 0 atom stereocenters. The van der Waals surface area contributed by atoms with Crippen LogP contribution in [0.4, 0.5) is 0 Å². The van der Waals surface area contributed by atoms with E-state index in [1.807, 2.05) is 22.9 Å². The highest BCUT2D eigenvalue weighted by atomic mass is 32.1.